The zero-order valence-corrected chi connectivity index (χ0v) is 6.82. The summed E-state index contributed by atoms with van der Waals surface area (Å²) >= 11 is 5.96. The highest BCUT2D eigenvalue weighted by Gasteiger charge is 1.85. The highest BCUT2D eigenvalue weighted by Crippen LogP contribution is 2.06. The van der Waals surface area contributed by atoms with Gasteiger partial charge in [-0.2, -0.15) is 0 Å². The van der Waals surface area contributed by atoms with E-state index >= 15 is 0 Å². The van der Waals surface area contributed by atoms with Gasteiger partial charge in [0, 0.05) is 0 Å². The van der Waals surface area contributed by atoms with Crippen molar-refractivity contribution in [2.24, 2.45) is 0 Å². The first-order valence-electron chi connectivity index (χ1n) is 2.77. The molecule has 0 aliphatic rings. The first kappa shape index (κ1) is 3.95. The normalized spacial score (nSPS) is 12.8. The molecular formula is C4H2Br2N2. The van der Waals surface area contributed by atoms with Gasteiger partial charge in [-0.3, -0.25) is 0 Å². The summed E-state index contributed by atoms with van der Waals surface area (Å²) in [4.78, 5) is 7.32. The molecule has 0 atom stereocenters. The maximum absolute atomic E-state index is 7.12. The van der Waals surface area contributed by atoms with Crippen molar-refractivity contribution in [2.75, 3.05) is 0 Å². The Balaban J connectivity index is 3.28. The lowest BCUT2D eigenvalue weighted by atomic mass is 10.8. The first-order chi connectivity index (χ1) is 4.61. The highest BCUT2D eigenvalue weighted by atomic mass is 79.9. The van der Waals surface area contributed by atoms with Gasteiger partial charge in [-0.05, 0) is 31.9 Å². The van der Waals surface area contributed by atoms with Gasteiger partial charge in [0.1, 0.15) is 9.21 Å². The predicted octanol–water partition coefficient (Wildman–Crippen LogP) is 2.00. The van der Waals surface area contributed by atoms with Crippen molar-refractivity contribution in [3.05, 3.63) is 21.6 Å². The summed E-state index contributed by atoms with van der Waals surface area (Å²) in [5.74, 6) is 0. The molecule has 4 heteroatoms. The zero-order chi connectivity index (χ0) is 7.72. The van der Waals surface area contributed by atoms with Gasteiger partial charge in [-0.25, -0.2) is 9.97 Å². The summed E-state index contributed by atoms with van der Waals surface area (Å²) in [6.07, 6.45) is 0.0609. The van der Waals surface area contributed by atoms with E-state index in [2.05, 4.69) is 41.8 Å². The molecule has 1 aromatic heterocycles. The molecule has 0 radical (unpaired) electrons. The Morgan fingerprint density at radius 2 is 1.62 bits per heavy atom. The number of rotatable bonds is 0. The third kappa shape index (κ3) is 1.52. The third-order valence-electron chi connectivity index (χ3n) is 0.493. The molecule has 0 spiro atoms. The topological polar surface area (TPSA) is 25.8 Å². The van der Waals surface area contributed by atoms with Crippen LogP contribution in [0, 0.1) is 0 Å². The molecule has 0 N–H and O–H groups in total. The fourth-order valence-electron chi connectivity index (χ4n) is 0.240. The van der Waals surface area contributed by atoms with E-state index in [0.717, 1.165) is 0 Å². The molecule has 8 heavy (non-hydrogen) atoms. The van der Waals surface area contributed by atoms with Gasteiger partial charge in [0.05, 0.1) is 15.1 Å². The molecule has 0 fully saturated rings. The number of hydrogen-bond acceptors (Lipinski definition) is 2. The number of nitrogens with zero attached hydrogens (tertiary/aromatic N) is 2. The molecule has 0 bridgehead atoms. The highest BCUT2D eigenvalue weighted by molar-refractivity contribution is 9.10. The van der Waals surface area contributed by atoms with E-state index in [1.54, 1.807) is 0 Å². The summed E-state index contributed by atoms with van der Waals surface area (Å²) in [5, 5.41) is 0. The van der Waals surface area contributed by atoms with Gasteiger partial charge in [0.2, 0.25) is 0 Å². The summed E-state index contributed by atoms with van der Waals surface area (Å²) in [7, 11) is 0. The van der Waals surface area contributed by atoms with E-state index in [0.29, 0.717) is 9.21 Å². The smallest absolute Gasteiger partial charge is 0.124 e. The lowest BCUT2D eigenvalue weighted by Crippen LogP contribution is -1.76. The van der Waals surface area contributed by atoms with Crippen LogP contribution in [0.1, 0.15) is 2.74 Å². The zero-order valence-electron chi connectivity index (χ0n) is 5.65. The van der Waals surface area contributed by atoms with Crippen LogP contribution in [0.5, 0.6) is 0 Å². The number of aromatic nitrogens is 2. The van der Waals surface area contributed by atoms with Crippen molar-refractivity contribution in [1.29, 1.82) is 0 Å². The fraction of sp³-hybridized carbons (Fsp3) is 0. The van der Waals surface area contributed by atoms with Gasteiger partial charge >= 0.3 is 0 Å². The van der Waals surface area contributed by atoms with Crippen molar-refractivity contribution in [3.8, 4) is 0 Å². The van der Waals surface area contributed by atoms with Gasteiger partial charge in [0.25, 0.3) is 0 Å². The van der Waals surface area contributed by atoms with Crippen LogP contribution in [-0.2, 0) is 0 Å². The summed E-state index contributed by atoms with van der Waals surface area (Å²) < 4.78 is 14.8. The second-order valence-electron chi connectivity index (χ2n) is 1.03. The van der Waals surface area contributed by atoms with Gasteiger partial charge in [-0.1, -0.05) is 0 Å². The molecule has 0 amide bonds. The Bertz CT molecular complexity index is 215. The van der Waals surface area contributed by atoms with E-state index in [1.165, 1.54) is 0 Å². The van der Waals surface area contributed by atoms with E-state index in [9.17, 15) is 0 Å². The molecule has 0 saturated carbocycles. The van der Waals surface area contributed by atoms with Gasteiger partial charge < -0.3 is 0 Å². The summed E-state index contributed by atoms with van der Waals surface area (Å²) in [5.41, 5.74) is 0. The van der Waals surface area contributed by atoms with Crippen LogP contribution in [0.3, 0.4) is 0 Å². The minimum atomic E-state index is 0.0304. The summed E-state index contributed by atoms with van der Waals surface area (Å²) in [6, 6.07) is 0. The average Bonchev–Trinajstić information content (AvgIpc) is 1.84. The minimum Gasteiger partial charge on any atom is -0.245 e. The Labute approximate surface area is 66.4 Å². The molecular weight excluding hydrogens is 236 g/mol. The van der Waals surface area contributed by atoms with Crippen LogP contribution in [0.25, 0.3) is 0 Å². The molecule has 1 aromatic rings. The van der Waals surface area contributed by atoms with Crippen LogP contribution in [0.2, 0.25) is 0 Å². The molecule has 42 valence electrons. The summed E-state index contributed by atoms with van der Waals surface area (Å²) in [6.45, 7) is 0. The molecule has 0 aliphatic carbocycles. The molecule has 0 aromatic carbocycles. The number of halogens is 2. The van der Waals surface area contributed by atoms with Crippen LogP contribution in [-0.4, -0.2) is 9.97 Å². The third-order valence-corrected chi connectivity index (χ3v) is 1.20. The van der Waals surface area contributed by atoms with Crippen molar-refractivity contribution < 1.29 is 2.74 Å². The van der Waals surface area contributed by atoms with Crippen molar-refractivity contribution in [3.63, 3.8) is 0 Å². The van der Waals surface area contributed by atoms with Gasteiger partial charge in [-0.15, -0.1) is 0 Å². The SMILES string of the molecule is [2H]c1nc(Br)c([2H])nc1Br. The maximum atomic E-state index is 7.12. The minimum absolute atomic E-state index is 0.0304. The Hall–Kier alpha value is 0.0400. The van der Waals surface area contributed by atoms with E-state index < -0.39 is 0 Å². The lowest BCUT2D eigenvalue weighted by Gasteiger charge is -1.85. The first-order valence-corrected chi connectivity index (χ1v) is 3.36. The Kier molecular flexibility index (Phi) is 1.26. The molecule has 1 heterocycles. The molecule has 0 aliphatic heterocycles. The second kappa shape index (κ2) is 2.55. The lowest BCUT2D eigenvalue weighted by molar-refractivity contribution is 1.13. The molecule has 1 rings (SSSR count). The van der Waals surface area contributed by atoms with Crippen molar-refractivity contribution >= 4 is 31.9 Å². The fourth-order valence-corrected chi connectivity index (χ4v) is 0.595. The van der Waals surface area contributed by atoms with Crippen LogP contribution in [0.4, 0.5) is 0 Å². The predicted molar refractivity (Wildman–Crippen MR) is 37.4 cm³/mol. The Morgan fingerprint density at radius 3 is 2.00 bits per heavy atom. The van der Waals surface area contributed by atoms with Gasteiger partial charge in [0.15, 0.2) is 0 Å². The van der Waals surface area contributed by atoms with Crippen LogP contribution in [0.15, 0.2) is 21.6 Å². The standard InChI is InChI=1S/C4H2Br2N2/c5-3-1-7-4(6)2-8-3/h1-2H/i1D,2D. The second-order valence-corrected chi connectivity index (χ2v) is 2.53. The molecule has 2 nitrogen and oxygen atoms in total. The van der Waals surface area contributed by atoms with Crippen molar-refractivity contribution in [2.45, 2.75) is 0 Å². The van der Waals surface area contributed by atoms with E-state index in [1.807, 2.05) is 0 Å². The largest absolute Gasteiger partial charge is 0.245 e. The molecule has 0 unspecified atom stereocenters. The van der Waals surface area contributed by atoms with Crippen LogP contribution < -0.4 is 0 Å². The van der Waals surface area contributed by atoms with E-state index in [-0.39, 0.29) is 12.3 Å². The van der Waals surface area contributed by atoms with E-state index in [4.69, 9.17) is 2.74 Å². The molecule has 0 saturated heterocycles. The monoisotopic (exact) mass is 238 g/mol. The Morgan fingerprint density at radius 1 is 1.25 bits per heavy atom. The van der Waals surface area contributed by atoms with Crippen molar-refractivity contribution in [1.82, 2.24) is 9.97 Å². The van der Waals surface area contributed by atoms with Crippen LogP contribution >= 0.6 is 31.9 Å². The quantitative estimate of drug-likeness (QED) is 0.692. The number of hydrogen-bond donors (Lipinski definition) is 0. The maximum Gasteiger partial charge on any atom is 0.124 e. The average molecular weight is 240 g/mol.